The Morgan fingerprint density at radius 1 is 1.20 bits per heavy atom. The van der Waals surface area contributed by atoms with Gasteiger partial charge in [-0.2, -0.15) is 0 Å². The smallest absolute Gasteiger partial charge is 0.0512 e. The fraction of sp³-hybridized carbons (Fsp3) is 0.444. The van der Waals surface area contributed by atoms with Gasteiger partial charge in [0.25, 0.3) is 0 Å². The molecule has 2 aromatic carbocycles. The normalized spacial score (nSPS) is 20.9. The second-order valence-electron chi connectivity index (χ2n) is 5.58. The summed E-state index contributed by atoms with van der Waals surface area (Å²) in [6.07, 6.45) is 2.43. The number of hydrogen-bond donors (Lipinski definition) is 1. The van der Waals surface area contributed by atoms with Gasteiger partial charge in [-0.05, 0) is 35.7 Å². The maximum atomic E-state index is 5.70. The third kappa shape index (κ3) is 2.72. The first-order chi connectivity index (χ1) is 9.90. The molecule has 2 heteroatoms. The predicted molar refractivity (Wildman–Crippen MR) is 83.9 cm³/mol. The zero-order chi connectivity index (χ0) is 13.8. The molecule has 1 saturated heterocycles. The van der Waals surface area contributed by atoms with E-state index >= 15 is 0 Å². The van der Waals surface area contributed by atoms with E-state index in [1.165, 1.54) is 29.2 Å². The zero-order valence-corrected chi connectivity index (χ0v) is 12.1. The monoisotopic (exact) mass is 269 g/mol. The van der Waals surface area contributed by atoms with Crippen LogP contribution in [0, 0.1) is 5.92 Å². The largest absolute Gasteiger partial charge is 0.381 e. The van der Waals surface area contributed by atoms with Crippen molar-refractivity contribution in [2.24, 2.45) is 5.92 Å². The van der Waals surface area contributed by atoms with Crippen molar-refractivity contribution in [2.45, 2.75) is 25.8 Å². The minimum atomic E-state index is 0.395. The van der Waals surface area contributed by atoms with Crippen molar-refractivity contribution in [1.29, 1.82) is 0 Å². The van der Waals surface area contributed by atoms with Crippen molar-refractivity contribution in [1.82, 2.24) is 5.32 Å². The molecule has 1 fully saturated rings. The van der Waals surface area contributed by atoms with Crippen LogP contribution in [0.1, 0.15) is 31.4 Å². The predicted octanol–water partition coefficient (Wildman–Crippen LogP) is 3.92. The van der Waals surface area contributed by atoms with E-state index < -0.39 is 0 Å². The van der Waals surface area contributed by atoms with Crippen LogP contribution in [0.4, 0.5) is 0 Å². The van der Waals surface area contributed by atoms with Gasteiger partial charge in [0.15, 0.2) is 0 Å². The Balaban J connectivity index is 2.00. The molecule has 1 N–H and O–H groups in total. The molecule has 106 valence electrons. The Bertz CT molecular complexity index is 555. The second kappa shape index (κ2) is 6.38. The van der Waals surface area contributed by atoms with Gasteiger partial charge in [0.2, 0.25) is 0 Å². The molecule has 1 heterocycles. The number of nitrogens with one attached hydrogen (secondary N) is 1. The molecular weight excluding hydrogens is 246 g/mol. The van der Waals surface area contributed by atoms with E-state index in [1.54, 1.807) is 0 Å². The summed E-state index contributed by atoms with van der Waals surface area (Å²) in [5.41, 5.74) is 1.42. The molecule has 2 atom stereocenters. The highest BCUT2D eigenvalue weighted by molar-refractivity contribution is 5.86. The third-order valence-electron chi connectivity index (χ3n) is 4.25. The van der Waals surface area contributed by atoms with Gasteiger partial charge in [0.05, 0.1) is 6.61 Å². The lowest BCUT2D eigenvalue weighted by Crippen LogP contribution is -2.33. The quantitative estimate of drug-likeness (QED) is 0.908. The number of ether oxygens (including phenoxy) is 1. The summed E-state index contributed by atoms with van der Waals surface area (Å²) in [7, 11) is 0. The molecule has 0 spiro atoms. The highest BCUT2D eigenvalue weighted by atomic mass is 16.5. The van der Waals surface area contributed by atoms with Crippen molar-refractivity contribution < 1.29 is 4.74 Å². The minimum absolute atomic E-state index is 0.395. The zero-order valence-electron chi connectivity index (χ0n) is 12.1. The van der Waals surface area contributed by atoms with Crippen LogP contribution >= 0.6 is 0 Å². The lowest BCUT2D eigenvalue weighted by Gasteiger charge is -2.32. The van der Waals surface area contributed by atoms with Gasteiger partial charge in [-0.25, -0.2) is 0 Å². The van der Waals surface area contributed by atoms with Gasteiger partial charge in [0.1, 0.15) is 0 Å². The summed E-state index contributed by atoms with van der Waals surface area (Å²) >= 11 is 0. The molecule has 0 aliphatic carbocycles. The van der Waals surface area contributed by atoms with Gasteiger partial charge < -0.3 is 10.1 Å². The Kier molecular flexibility index (Phi) is 4.34. The van der Waals surface area contributed by atoms with E-state index in [-0.39, 0.29) is 0 Å². The van der Waals surface area contributed by atoms with Crippen LogP contribution in [0.3, 0.4) is 0 Å². The molecule has 0 aromatic heterocycles. The van der Waals surface area contributed by atoms with E-state index in [9.17, 15) is 0 Å². The number of benzene rings is 2. The van der Waals surface area contributed by atoms with Crippen LogP contribution in [0.5, 0.6) is 0 Å². The van der Waals surface area contributed by atoms with E-state index in [0.717, 1.165) is 19.8 Å². The molecule has 0 bridgehead atoms. The van der Waals surface area contributed by atoms with Crippen LogP contribution in [0.2, 0.25) is 0 Å². The van der Waals surface area contributed by atoms with Gasteiger partial charge in [-0.1, -0.05) is 49.4 Å². The molecule has 1 aliphatic rings. The summed E-state index contributed by atoms with van der Waals surface area (Å²) < 4.78 is 5.70. The van der Waals surface area contributed by atoms with Crippen LogP contribution in [0.25, 0.3) is 10.8 Å². The van der Waals surface area contributed by atoms with Gasteiger partial charge in [0, 0.05) is 18.6 Å². The highest BCUT2D eigenvalue weighted by Gasteiger charge is 2.25. The SMILES string of the molecule is CCNC(c1cccc2ccccc12)C1CCCOC1. The Morgan fingerprint density at radius 2 is 2.05 bits per heavy atom. The average Bonchev–Trinajstić information content (AvgIpc) is 2.53. The van der Waals surface area contributed by atoms with Crippen LogP contribution in [0.15, 0.2) is 42.5 Å². The average molecular weight is 269 g/mol. The minimum Gasteiger partial charge on any atom is -0.381 e. The Hall–Kier alpha value is -1.38. The van der Waals surface area contributed by atoms with Crippen molar-refractivity contribution >= 4 is 10.8 Å². The summed E-state index contributed by atoms with van der Waals surface area (Å²) in [6, 6.07) is 15.7. The van der Waals surface area contributed by atoms with Gasteiger partial charge in [-0.3, -0.25) is 0 Å². The number of hydrogen-bond acceptors (Lipinski definition) is 2. The lowest BCUT2D eigenvalue weighted by molar-refractivity contribution is 0.0395. The van der Waals surface area contributed by atoms with Crippen molar-refractivity contribution in [2.75, 3.05) is 19.8 Å². The first-order valence-electron chi connectivity index (χ1n) is 7.69. The first-order valence-corrected chi connectivity index (χ1v) is 7.69. The number of fused-ring (bicyclic) bond motifs is 1. The van der Waals surface area contributed by atoms with Crippen LogP contribution in [-0.4, -0.2) is 19.8 Å². The standard InChI is InChI=1S/C18H23NO/c1-2-19-18(15-9-6-12-20-13-15)17-11-5-8-14-7-3-4-10-16(14)17/h3-5,7-8,10-11,15,18-19H,2,6,9,12-13H2,1H3. The fourth-order valence-electron chi connectivity index (χ4n) is 3.30. The van der Waals surface area contributed by atoms with E-state index in [1.807, 2.05) is 0 Å². The maximum absolute atomic E-state index is 5.70. The summed E-state index contributed by atoms with van der Waals surface area (Å²) in [5, 5.41) is 6.37. The third-order valence-corrected chi connectivity index (χ3v) is 4.25. The molecule has 0 radical (unpaired) electrons. The molecule has 20 heavy (non-hydrogen) atoms. The summed E-state index contributed by atoms with van der Waals surface area (Å²) in [5.74, 6) is 0.578. The van der Waals surface area contributed by atoms with Crippen molar-refractivity contribution in [3.63, 3.8) is 0 Å². The highest BCUT2D eigenvalue weighted by Crippen LogP contribution is 2.33. The fourth-order valence-corrected chi connectivity index (χ4v) is 3.30. The molecular formula is C18H23NO. The molecule has 3 rings (SSSR count). The molecule has 2 aromatic rings. The van der Waals surface area contributed by atoms with Crippen molar-refractivity contribution in [3.8, 4) is 0 Å². The van der Waals surface area contributed by atoms with Crippen LogP contribution < -0.4 is 5.32 Å². The first kappa shape index (κ1) is 13.6. The molecule has 0 amide bonds. The molecule has 0 saturated carbocycles. The van der Waals surface area contributed by atoms with Gasteiger partial charge in [-0.15, -0.1) is 0 Å². The summed E-state index contributed by atoms with van der Waals surface area (Å²) in [6.45, 7) is 4.97. The summed E-state index contributed by atoms with van der Waals surface area (Å²) in [4.78, 5) is 0. The molecule has 2 nitrogen and oxygen atoms in total. The topological polar surface area (TPSA) is 21.3 Å². The maximum Gasteiger partial charge on any atom is 0.0512 e. The Labute approximate surface area is 121 Å². The lowest BCUT2D eigenvalue weighted by atomic mass is 9.86. The Morgan fingerprint density at radius 3 is 2.85 bits per heavy atom. The number of rotatable bonds is 4. The van der Waals surface area contributed by atoms with Crippen LogP contribution in [-0.2, 0) is 4.74 Å². The van der Waals surface area contributed by atoms with E-state index in [0.29, 0.717) is 12.0 Å². The van der Waals surface area contributed by atoms with E-state index in [2.05, 4.69) is 54.7 Å². The van der Waals surface area contributed by atoms with Gasteiger partial charge >= 0.3 is 0 Å². The molecule has 1 aliphatic heterocycles. The molecule has 2 unspecified atom stereocenters. The van der Waals surface area contributed by atoms with Crippen molar-refractivity contribution in [3.05, 3.63) is 48.0 Å². The van der Waals surface area contributed by atoms with E-state index in [4.69, 9.17) is 4.74 Å². The second-order valence-corrected chi connectivity index (χ2v) is 5.58.